The molecule has 0 saturated carbocycles. The fourth-order valence-electron chi connectivity index (χ4n) is 1.64. The average molecular weight is 367 g/mol. The van der Waals surface area contributed by atoms with Crippen molar-refractivity contribution in [3.8, 4) is 5.88 Å². The van der Waals surface area contributed by atoms with Crippen molar-refractivity contribution in [3.63, 3.8) is 0 Å². The van der Waals surface area contributed by atoms with Crippen molar-refractivity contribution in [2.24, 2.45) is 0 Å². The number of amides is 1. The number of hydrogen-bond donors (Lipinski definition) is 1. The molecule has 6 heteroatoms. The molecular weight excluding hydrogens is 352 g/mol. The van der Waals surface area contributed by atoms with Gasteiger partial charge in [-0.15, -0.1) is 11.3 Å². The van der Waals surface area contributed by atoms with Crippen molar-refractivity contribution in [2.75, 3.05) is 6.61 Å². The number of carbonyl (C=O) groups is 1. The minimum Gasteiger partial charge on any atom is -0.478 e. The number of thiophene rings is 1. The van der Waals surface area contributed by atoms with E-state index in [2.05, 4.69) is 26.2 Å². The zero-order valence-corrected chi connectivity index (χ0v) is 13.9. The predicted molar refractivity (Wildman–Crippen MR) is 88.3 cm³/mol. The number of rotatable bonds is 6. The monoisotopic (exact) mass is 366 g/mol. The lowest BCUT2D eigenvalue weighted by Crippen LogP contribution is -2.20. The van der Waals surface area contributed by atoms with Crippen LogP contribution in [-0.4, -0.2) is 17.5 Å². The molecule has 0 aliphatic rings. The van der Waals surface area contributed by atoms with Crippen molar-refractivity contribution < 1.29 is 9.53 Å². The van der Waals surface area contributed by atoms with Gasteiger partial charge < -0.3 is 10.1 Å². The first-order valence-corrected chi connectivity index (χ1v) is 8.08. The Morgan fingerprint density at radius 1 is 1.48 bits per heavy atom. The third-order valence-electron chi connectivity index (χ3n) is 2.58. The summed E-state index contributed by atoms with van der Waals surface area (Å²) in [4.78, 5) is 17.0. The van der Waals surface area contributed by atoms with Crippen LogP contribution in [-0.2, 0) is 11.3 Å². The van der Waals surface area contributed by atoms with E-state index in [1.807, 2.05) is 31.2 Å². The molecule has 2 heterocycles. The Kier molecular flexibility index (Phi) is 5.95. The summed E-state index contributed by atoms with van der Waals surface area (Å²) in [5.74, 6) is 0.414. The first-order chi connectivity index (χ1) is 10.2. The summed E-state index contributed by atoms with van der Waals surface area (Å²) in [6.07, 6.45) is 4.98. The quantitative estimate of drug-likeness (QED) is 0.794. The Bertz CT molecular complexity index is 640. The van der Waals surface area contributed by atoms with Crippen molar-refractivity contribution in [3.05, 3.63) is 50.8 Å². The van der Waals surface area contributed by atoms with Crippen LogP contribution in [0.15, 0.2) is 40.3 Å². The highest BCUT2D eigenvalue weighted by atomic mass is 79.9. The lowest BCUT2D eigenvalue weighted by molar-refractivity contribution is -0.116. The smallest absolute Gasteiger partial charge is 0.244 e. The van der Waals surface area contributed by atoms with E-state index in [9.17, 15) is 4.79 Å². The fraction of sp³-hybridized carbons (Fsp3) is 0.200. The second-order valence-electron chi connectivity index (χ2n) is 4.09. The molecule has 4 nitrogen and oxygen atoms in total. The summed E-state index contributed by atoms with van der Waals surface area (Å²) in [7, 11) is 0. The van der Waals surface area contributed by atoms with Crippen LogP contribution in [0.5, 0.6) is 5.88 Å². The van der Waals surface area contributed by atoms with Crippen LogP contribution in [0, 0.1) is 0 Å². The van der Waals surface area contributed by atoms with Crippen LogP contribution in [0.25, 0.3) is 6.08 Å². The molecule has 110 valence electrons. The maximum absolute atomic E-state index is 11.8. The van der Waals surface area contributed by atoms with E-state index in [-0.39, 0.29) is 5.91 Å². The number of hydrogen-bond acceptors (Lipinski definition) is 4. The largest absolute Gasteiger partial charge is 0.478 e. The summed E-state index contributed by atoms with van der Waals surface area (Å²) < 4.78 is 6.46. The number of pyridine rings is 1. The zero-order chi connectivity index (χ0) is 15.1. The maximum Gasteiger partial charge on any atom is 0.244 e. The van der Waals surface area contributed by atoms with Gasteiger partial charge >= 0.3 is 0 Å². The lowest BCUT2D eigenvalue weighted by atomic mass is 10.2. The summed E-state index contributed by atoms with van der Waals surface area (Å²) in [5, 5.41) is 2.82. The van der Waals surface area contributed by atoms with Gasteiger partial charge in [0.1, 0.15) is 0 Å². The number of halogens is 1. The molecule has 1 N–H and O–H groups in total. The zero-order valence-electron chi connectivity index (χ0n) is 11.5. The normalized spacial score (nSPS) is 10.8. The lowest BCUT2D eigenvalue weighted by Gasteiger charge is -2.08. The summed E-state index contributed by atoms with van der Waals surface area (Å²) in [5.41, 5.74) is 0.861. The molecule has 0 saturated heterocycles. The van der Waals surface area contributed by atoms with E-state index in [0.29, 0.717) is 19.0 Å². The van der Waals surface area contributed by atoms with Gasteiger partial charge in [-0.05, 0) is 47.1 Å². The van der Waals surface area contributed by atoms with E-state index in [4.69, 9.17) is 4.74 Å². The van der Waals surface area contributed by atoms with Crippen LogP contribution in [0.4, 0.5) is 0 Å². The predicted octanol–water partition coefficient (Wildman–Crippen LogP) is 3.63. The molecule has 2 aromatic heterocycles. The number of nitrogens with one attached hydrogen (secondary N) is 1. The van der Waals surface area contributed by atoms with Crippen LogP contribution >= 0.6 is 27.3 Å². The minimum absolute atomic E-state index is 0.147. The van der Waals surface area contributed by atoms with Crippen LogP contribution in [0.2, 0.25) is 0 Å². The number of carbonyl (C=O) groups excluding carboxylic acids is 1. The molecule has 1 amide bonds. The van der Waals surface area contributed by atoms with Crippen molar-refractivity contribution >= 4 is 39.2 Å². The summed E-state index contributed by atoms with van der Waals surface area (Å²) in [6, 6.07) is 7.61. The van der Waals surface area contributed by atoms with Gasteiger partial charge in [0, 0.05) is 29.3 Å². The second-order valence-corrected chi connectivity index (χ2v) is 6.59. The molecule has 21 heavy (non-hydrogen) atoms. The minimum atomic E-state index is -0.147. The first-order valence-electron chi connectivity index (χ1n) is 6.47. The Morgan fingerprint density at radius 3 is 3.05 bits per heavy atom. The molecule has 0 spiro atoms. The van der Waals surface area contributed by atoms with Crippen molar-refractivity contribution in [1.82, 2.24) is 10.3 Å². The number of ether oxygens (including phenoxy) is 1. The second kappa shape index (κ2) is 7.95. The Balaban J connectivity index is 1.90. The van der Waals surface area contributed by atoms with Crippen molar-refractivity contribution in [1.29, 1.82) is 0 Å². The maximum atomic E-state index is 11.8. The highest BCUT2D eigenvalue weighted by Gasteiger charge is 2.05. The molecule has 0 aromatic carbocycles. The molecule has 2 rings (SSSR count). The van der Waals surface area contributed by atoms with Gasteiger partial charge in [0.2, 0.25) is 11.8 Å². The molecule has 0 radical (unpaired) electrons. The third-order valence-corrected chi connectivity index (χ3v) is 4.17. The van der Waals surface area contributed by atoms with Gasteiger partial charge in [-0.3, -0.25) is 4.79 Å². The number of nitrogens with zero attached hydrogens (tertiary/aromatic N) is 1. The molecule has 0 aliphatic heterocycles. The highest BCUT2D eigenvalue weighted by Crippen LogP contribution is 2.22. The molecule has 0 atom stereocenters. The highest BCUT2D eigenvalue weighted by molar-refractivity contribution is 9.11. The van der Waals surface area contributed by atoms with Gasteiger partial charge in [-0.25, -0.2) is 4.98 Å². The molecule has 0 aliphatic carbocycles. The summed E-state index contributed by atoms with van der Waals surface area (Å²) in [6.45, 7) is 2.84. The van der Waals surface area contributed by atoms with E-state index < -0.39 is 0 Å². The SMILES string of the molecule is CCOc1ncccc1CNC(=O)/C=C/c1ccc(Br)s1. The van der Waals surface area contributed by atoms with Gasteiger partial charge in [0.25, 0.3) is 0 Å². The van der Waals surface area contributed by atoms with Crippen LogP contribution in [0.1, 0.15) is 17.4 Å². The van der Waals surface area contributed by atoms with Gasteiger partial charge in [-0.1, -0.05) is 6.07 Å². The first kappa shape index (κ1) is 15.7. The van der Waals surface area contributed by atoms with E-state index in [0.717, 1.165) is 14.2 Å². The molecule has 0 fully saturated rings. The summed E-state index contributed by atoms with van der Waals surface area (Å²) >= 11 is 4.96. The Morgan fingerprint density at radius 2 is 2.33 bits per heavy atom. The van der Waals surface area contributed by atoms with Gasteiger partial charge in [0.05, 0.1) is 10.4 Å². The van der Waals surface area contributed by atoms with Crippen molar-refractivity contribution in [2.45, 2.75) is 13.5 Å². The van der Waals surface area contributed by atoms with Gasteiger partial charge in [-0.2, -0.15) is 0 Å². The van der Waals surface area contributed by atoms with E-state index in [1.54, 1.807) is 23.6 Å². The topological polar surface area (TPSA) is 51.2 Å². The van der Waals surface area contributed by atoms with E-state index in [1.165, 1.54) is 6.08 Å². The average Bonchev–Trinajstić information content (AvgIpc) is 2.90. The Hall–Kier alpha value is -1.66. The number of aromatic nitrogens is 1. The fourth-order valence-corrected chi connectivity index (χ4v) is 2.97. The van der Waals surface area contributed by atoms with Crippen LogP contribution < -0.4 is 10.1 Å². The Labute approximate surface area is 136 Å². The molecular formula is C15H15BrN2O2S. The molecule has 2 aromatic rings. The third kappa shape index (κ3) is 4.99. The van der Waals surface area contributed by atoms with Gasteiger partial charge in [0.15, 0.2) is 0 Å². The molecule has 0 bridgehead atoms. The molecule has 0 unspecified atom stereocenters. The van der Waals surface area contributed by atoms with Crippen LogP contribution in [0.3, 0.4) is 0 Å². The van der Waals surface area contributed by atoms with E-state index >= 15 is 0 Å². The standard InChI is InChI=1S/C15H15BrN2O2S/c1-2-20-15-11(4-3-9-17-15)10-18-14(19)8-6-12-5-7-13(16)21-12/h3-9H,2,10H2,1H3,(H,18,19)/b8-6+.